The van der Waals surface area contributed by atoms with Crippen LogP contribution in [-0.4, -0.2) is 16.3 Å². The van der Waals surface area contributed by atoms with Crippen LogP contribution in [-0.2, 0) is 6.42 Å². The van der Waals surface area contributed by atoms with E-state index in [0.29, 0.717) is 6.54 Å². The van der Waals surface area contributed by atoms with E-state index in [1.165, 1.54) is 0 Å². The van der Waals surface area contributed by atoms with Crippen molar-refractivity contribution >= 4 is 0 Å². The van der Waals surface area contributed by atoms with Crippen molar-refractivity contribution < 1.29 is 0 Å². The zero-order valence-electron chi connectivity index (χ0n) is 9.94. The number of aromatic nitrogens is 2. The number of hydrogen-bond donors (Lipinski definition) is 2. The monoisotopic (exact) mass is 231 g/mol. The van der Waals surface area contributed by atoms with Crippen molar-refractivity contribution in [3.8, 4) is 5.69 Å². The van der Waals surface area contributed by atoms with Gasteiger partial charge < -0.3 is 5.73 Å². The first-order valence-corrected chi connectivity index (χ1v) is 5.79. The molecule has 1 heterocycles. The molecular weight excluding hydrogens is 214 g/mol. The van der Waals surface area contributed by atoms with E-state index >= 15 is 0 Å². The van der Waals surface area contributed by atoms with Crippen LogP contribution >= 0.6 is 0 Å². The molecule has 0 radical (unpaired) electrons. The summed E-state index contributed by atoms with van der Waals surface area (Å²) in [6, 6.07) is 7.80. The summed E-state index contributed by atoms with van der Waals surface area (Å²) in [5.41, 5.74) is 8.23. The maximum Gasteiger partial charge on any atom is 0.274 e. The predicted octanol–water partition coefficient (Wildman–Crippen LogP) is 1.37. The van der Waals surface area contributed by atoms with Gasteiger partial charge >= 0.3 is 0 Å². The molecule has 2 aromatic rings. The highest BCUT2D eigenvalue weighted by Gasteiger charge is 2.08. The van der Waals surface area contributed by atoms with Gasteiger partial charge in [-0.05, 0) is 37.9 Å². The lowest BCUT2D eigenvalue weighted by Crippen LogP contribution is -2.18. The second-order valence-corrected chi connectivity index (χ2v) is 4.12. The number of nitrogens with zero attached hydrogens (tertiary/aromatic N) is 1. The number of para-hydroxylation sites is 1. The van der Waals surface area contributed by atoms with Crippen molar-refractivity contribution in [1.82, 2.24) is 9.78 Å². The molecule has 4 nitrogen and oxygen atoms in total. The lowest BCUT2D eigenvalue weighted by Gasteiger charge is -2.04. The minimum Gasteiger partial charge on any atom is -0.330 e. The Balaban J connectivity index is 2.38. The number of aryl methyl sites for hydroxylation is 2. The highest BCUT2D eigenvalue weighted by atomic mass is 16.1. The minimum absolute atomic E-state index is 0.0211. The lowest BCUT2D eigenvalue weighted by atomic mass is 10.2. The number of rotatable bonds is 4. The quantitative estimate of drug-likeness (QED) is 0.834. The van der Waals surface area contributed by atoms with Crippen LogP contribution in [0.25, 0.3) is 5.69 Å². The third-order valence-electron chi connectivity index (χ3n) is 2.85. The van der Waals surface area contributed by atoms with E-state index < -0.39 is 0 Å². The van der Waals surface area contributed by atoms with Crippen molar-refractivity contribution in [2.24, 2.45) is 5.73 Å². The van der Waals surface area contributed by atoms with E-state index in [1.54, 1.807) is 10.9 Å². The second kappa shape index (κ2) is 5.01. The van der Waals surface area contributed by atoms with Crippen molar-refractivity contribution in [2.75, 3.05) is 6.54 Å². The summed E-state index contributed by atoms with van der Waals surface area (Å²) < 4.78 is 1.58. The van der Waals surface area contributed by atoms with Gasteiger partial charge in [0.1, 0.15) is 0 Å². The van der Waals surface area contributed by atoms with E-state index in [2.05, 4.69) is 5.10 Å². The third-order valence-corrected chi connectivity index (χ3v) is 2.85. The summed E-state index contributed by atoms with van der Waals surface area (Å²) in [6.45, 7) is 2.59. The molecule has 0 unspecified atom stereocenters. The highest BCUT2D eigenvalue weighted by molar-refractivity contribution is 5.39. The summed E-state index contributed by atoms with van der Waals surface area (Å²) in [7, 11) is 0. The van der Waals surface area contributed by atoms with Crippen molar-refractivity contribution in [1.29, 1.82) is 0 Å². The molecule has 0 amide bonds. The van der Waals surface area contributed by atoms with Crippen LogP contribution in [0.5, 0.6) is 0 Å². The van der Waals surface area contributed by atoms with Gasteiger partial charge in [0.05, 0.1) is 5.69 Å². The Morgan fingerprint density at radius 2 is 2.12 bits per heavy atom. The normalized spacial score (nSPS) is 10.7. The van der Waals surface area contributed by atoms with Gasteiger partial charge in [-0.2, -0.15) is 0 Å². The number of benzene rings is 1. The van der Waals surface area contributed by atoms with E-state index in [-0.39, 0.29) is 5.56 Å². The SMILES string of the molecule is Cc1ccccc1-n1[nH]cc(CCCN)c1=O. The van der Waals surface area contributed by atoms with Crippen molar-refractivity contribution in [3.05, 3.63) is 51.9 Å². The summed E-state index contributed by atoms with van der Waals surface area (Å²) in [4.78, 5) is 12.1. The molecule has 1 aromatic heterocycles. The standard InChI is InChI=1S/C13H17N3O/c1-10-5-2-3-7-12(10)16-13(17)11(9-15-16)6-4-8-14/h2-3,5,7,9,15H,4,6,8,14H2,1H3. The fourth-order valence-corrected chi connectivity index (χ4v) is 1.87. The summed E-state index contributed by atoms with van der Waals surface area (Å²) in [6.07, 6.45) is 3.33. The van der Waals surface area contributed by atoms with Crippen LogP contribution in [0.1, 0.15) is 17.5 Å². The van der Waals surface area contributed by atoms with Crippen LogP contribution < -0.4 is 11.3 Å². The van der Waals surface area contributed by atoms with Gasteiger partial charge in [0.2, 0.25) is 0 Å². The van der Waals surface area contributed by atoms with E-state index in [1.807, 2.05) is 31.2 Å². The van der Waals surface area contributed by atoms with Crippen LogP contribution in [0.3, 0.4) is 0 Å². The first-order chi connectivity index (χ1) is 8.24. The maximum absolute atomic E-state index is 12.1. The van der Waals surface area contributed by atoms with Crippen molar-refractivity contribution in [2.45, 2.75) is 19.8 Å². The number of nitrogens with one attached hydrogen (secondary N) is 1. The Morgan fingerprint density at radius 1 is 1.35 bits per heavy atom. The van der Waals surface area contributed by atoms with Crippen LogP contribution in [0.15, 0.2) is 35.3 Å². The fraction of sp³-hybridized carbons (Fsp3) is 0.308. The first kappa shape index (κ1) is 11.7. The molecule has 0 aliphatic rings. The molecule has 0 aliphatic heterocycles. The molecule has 0 aliphatic carbocycles. The second-order valence-electron chi connectivity index (χ2n) is 4.12. The molecule has 2 rings (SSSR count). The third kappa shape index (κ3) is 2.31. The number of aromatic amines is 1. The Kier molecular flexibility index (Phi) is 3.44. The molecule has 4 heteroatoms. The molecule has 0 fully saturated rings. The van der Waals surface area contributed by atoms with Gasteiger partial charge in [0, 0.05) is 11.8 Å². The lowest BCUT2D eigenvalue weighted by molar-refractivity contribution is 0.814. The molecule has 0 spiro atoms. The zero-order valence-corrected chi connectivity index (χ0v) is 9.94. The topological polar surface area (TPSA) is 63.8 Å². The molecule has 1 aromatic carbocycles. The number of hydrogen-bond acceptors (Lipinski definition) is 2. The molecule has 3 N–H and O–H groups in total. The zero-order chi connectivity index (χ0) is 12.3. The Bertz CT molecular complexity index is 554. The first-order valence-electron chi connectivity index (χ1n) is 5.79. The predicted molar refractivity (Wildman–Crippen MR) is 68.5 cm³/mol. The molecule has 0 saturated heterocycles. The molecule has 90 valence electrons. The molecule has 0 atom stereocenters. The Hall–Kier alpha value is -1.81. The summed E-state index contributed by atoms with van der Waals surface area (Å²) >= 11 is 0. The van der Waals surface area contributed by atoms with Gasteiger partial charge in [-0.15, -0.1) is 0 Å². The largest absolute Gasteiger partial charge is 0.330 e. The summed E-state index contributed by atoms with van der Waals surface area (Å²) in [5.74, 6) is 0. The maximum atomic E-state index is 12.1. The highest BCUT2D eigenvalue weighted by Crippen LogP contribution is 2.10. The average Bonchev–Trinajstić information content (AvgIpc) is 2.69. The Morgan fingerprint density at radius 3 is 2.82 bits per heavy atom. The van der Waals surface area contributed by atoms with Gasteiger partial charge in [-0.3, -0.25) is 9.89 Å². The minimum atomic E-state index is 0.0211. The van der Waals surface area contributed by atoms with Crippen LogP contribution in [0, 0.1) is 6.92 Å². The van der Waals surface area contributed by atoms with Crippen LogP contribution in [0.2, 0.25) is 0 Å². The van der Waals surface area contributed by atoms with Crippen LogP contribution in [0.4, 0.5) is 0 Å². The number of H-pyrrole nitrogens is 1. The summed E-state index contributed by atoms with van der Waals surface area (Å²) in [5, 5.41) is 3.00. The van der Waals surface area contributed by atoms with Gasteiger partial charge in [0.15, 0.2) is 0 Å². The Labute approximate surface area is 100 Å². The number of nitrogens with two attached hydrogens (primary N) is 1. The van der Waals surface area contributed by atoms with Gasteiger partial charge in [0.25, 0.3) is 5.56 Å². The van der Waals surface area contributed by atoms with E-state index in [0.717, 1.165) is 29.7 Å². The average molecular weight is 231 g/mol. The van der Waals surface area contributed by atoms with Crippen molar-refractivity contribution in [3.63, 3.8) is 0 Å². The molecule has 0 bridgehead atoms. The van der Waals surface area contributed by atoms with Gasteiger partial charge in [-0.1, -0.05) is 18.2 Å². The smallest absolute Gasteiger partial charge is 0.274 e. The van der Waals surface area contributed by atoms with E-state index in [9.17, 15) is 4.79 Å². The van der Waals surface area contributed by atoms with E-state index in [4.69, 9.17) is 5.73 Å². The molecular formula is C13H17N3O. The fourth-order valence-electron chi connectivity index (χ4n) is 1.87. The van der Waals surface area contributed by atoms with Gasteiger partial charge in [-0.25, -0.2) is 4.68 Å². The molecule has 17 heavy (non-hydrogen) atoms. The molecule has 0 saturated carbocycles.